The average Bonchev–Trinajstić information content (AvgIpc) is 2.52. The molecule has 0 amide bonds. The fraction of sp³-hybridized carbons (Fsp3) is 0.500. The normalized spacial score (nSPS) is 18.9. The Bertz CT molecular complexity index is 457. The highest BCUT2D eigenvalue weighted by atomic mass is 32.2. The van der Waals surface area contributed by atoms with Crippen molar-refractivity contribution in [2.24, 2.45) is 0 Å². The van der Waals surface area contributed by atoms with E-state index in [0.29, 0.717) is 0 Å². The van der Waals surface area contributed by atoms with Gasteiger partial charge in [0.25, 0.3) is 0 Å². The van der Waals surface area contributed by atoms with Crippen LogP contribution >= 0.6 is 11.8 Å². The molecule has 4 heteroatoms. The number of carboxylic acid groups (broad SMARTS) is 1. The number of fused-ring (bicyclic) bond motifs is 1. The summed E-state index contributed by atoms with van der Waals surface area (Å²) in [5, 5.41) is 9.06. The van der Waals surface area contributed by atoms with Crippen LogP contribution in [-0.2, 0) is 4.79 Å². The molecule has 0 spiro atoms. The zero-order valence-electron chi connectivity index (χ0n) is 10.7. The molecular formula is C14H18O3S. The van der Waals surface area contributed by atoms with Crippen LogP contribution in [0.4, 0.5) is 0 Å². The lowest BCUT2D eigenvalue weighted by atomic mass is 9.88. The number of hydrogen-bond donors (Lipinski definition) is 1. The molecule has 1 aliphatic heterocycles. The summed E-state index contributed by atoms with van der Waals surface area (Å²) in [6.45, 7) is 2.03. The van der Waals surface area contributed by atoms with Gasteiger partial charge in [-0.15, -0.1) is 11.8 Å². The molecule has 98 valence electrons. The summed E-state index contributed by atoms with van der Waals surface area (Å²) >= 11 is 1.83. The van der Waals surface area contributed by atoms with Gasteiger partial charge in [0.2, 0.25) is 0 Å². The highest BCUT2D eigenvalue weighted by molar-refractivity contribution is 7.99. The van der Waals surface area contributed by atoms with Crippen LogP contribution in [0.5, 0.6) is 5.75 Å². The van der Waals surface area contributed by atoms with Crippen LogP contribution in [0.1, 0.15) is 36.3 Å². The van der Waals surface area contributed by atoms with Crippen LogP contribution in [0.3, 0.4) is 0 Å². The number of hydrogen-bond acceptors (Lipinski definition) is 3. The minimum Gasteiger partial charge on any atom is -0.496 e. The minimum absolute atomic E-state index is 0.114. The van der Waals surface area contributed by atoms with Crippen molar-refractivity contribution >= 4 is 17.7 Å². The molecule has 0 bridgehead atoms. The fourth-order valence-electron chi connectivity index (χ4n) is 2.61. The summed E-state index contributed by atoms with van der Waals surface area (Å²) in [5.41, 5.74) is 2.27. The Morgan fingerprint density at radius 2 is 2.33 bits per heavy atom. The number of rotatable bonds is 3. The second kappa shape index (κ2) is 5.65. The Morgan fingerprint density at radius 3 is 3.00 bits per heavy atom. The van der Waals surface area contributed by atoms with Crippen LogP contribution in [0, 0.1) is 6.92 Å². The molecule has 1 N–H and O–H groups in total. The maximum Gasteiger partial charge on any atom is 0.303 e. The largest absolute Gasteiger partial charge is 0.496 e. The smallest absolute Gasteiger partial charge is 0.303 e. The first-order chi connectivity index (χ1) is 8.63. The second-order valence-corrected chi connectivity index (χ2v) is 5.73. The summed E-state index contributed by atoms with van der Waals surface area (Å²) in [7, 11) is 1.66. The van der Waals surface area contributed by atoms with Gasteiger partial charge in [-0.05, 0) is 54.7 Å². The molecular weight excluding hydrogens is 248 g/mol. The Hall–Kier alpha value is -1.16. The molecule has 1 aliphatic rings. The van der Waals surface area contributed by atoms with Crippen LogP contribution in [-0.4, -0.2) is 23.9 Å². The third-order valence-corrected chi connectivity index (χ3v) is 4.59. The number of carbonyl (C=O) groups is 1. The van der Waals surface area contributed by atoms with E-state index in [-0.39, 0.29) is 12.3 Å². The van der Waals surface area contributed by atoms with Crippen molar-refractivity contribution in [3.8, 4) is 5.75 Å². The first kappa shape index (κ1) is 13.3. The average molecular weight is 266 g/mol. The lowest BCUT2D eigenvalue weighted by Gasteiger charge is -2.19. The van der Waals surface area contributed by atoms with E-state index < -0.39 is 5.97 Å². The van der Waals surface area contributed by atoms with Crippen LogP contribution in [0.2, 0.25) is 0 Å². The summed E-state index contributed by atoms with van der Waals surface area (Å²) < 4.78 is 5.35. The summed E-state index contributed by atoms with van der Waals surface area (Å²) in [4.78, 5) is 12.2. The maximum absolute atomic E-state index is 11.0. The van der Waals surface area contributed by atoms with Crippen molar-refractivity contribution in [2.45, 2.75) is 37.0 Å². The van der Waals surface area contributed by atoms with Gasteiger partial charge >= 0.3 is 5.97 Å². The van der Waals surface area contributed by atoms with Crippen LogP contribution in [0.25, 0.3) is 0 Å². The van der Waals surface area contributed by atoms with Crippen molar-refractivity contribution in [3.05, 3.63) is 23.3 Å². The molecule has 1 aromatic carbocycles. The van der Waals surface area contributed by atoms with Crippen molar-refractivity contribution < 1.29 is 14.6 Å². The zero-order chi connectivity index (χ0) is 13.1. The maximum atomic E-state index is 11.0. The van der Waals surface area contributed by atoms with E-state index in [9.17, 15) is 4.79 Å². The van der Waals surface area contributed by atoms with Gasteiger partial charge < -0.3 is 9.84 Å². The fourth-order valence-corrected chi connectivity index (χ4v) is 3.78. The summed E-state index contributed by atoms with van der Waals surface area (Å²) in [6, 6.07) is 4.04. The van der Waals surface area contributed by atoms with E-state index in [1.807, 2.05) is 24.8 Å². The van der Waals surface area contributed by atoms with Gasteiger partial charge in [0.1, 0.15) is 5.75 Å². The molecule has 3 nitrogen and oxygen atoms in total. The van der Waals surface area contributed by atoms with Gasteiger partial charge in [-0.1, -0.05) is 0 Å². The number of carboxylic acids is 1. The van der Waals surface area contributed by atoms with Gasteiger partial charge in [0, 0.05) is 4.90 Å². The number of thioether (sulfide) groups is 1. The standard InChI is InChI=1S/C14H18O3S/c1-9-11(17-2)5-6-12-14(9)10(8-13(15)16)4-3-7-18-12/h5-6,10H,3-4,7-8H2,1-2H3,(H,15,16). The third-order valence-electron chi connectivity index (χ3n) is 3.43. The molecule has 0 fully saturated rings. The van der Waals surface area contributed by atoms with Gasteiger partial charge in [-0.2, -0.15) is 0 Å². The number of aliphatic carboxylic acids is 1. The van der Waals surface area contributed by atoms with E-state index in [0.717, 1.165) is 29.9 Å². The predicted molar refractivity (Wildman–Crippen MR) is 72.7 cm³/mol. The van der Waals surface area contributed by atoms with E-state index in [1.54, 1.807) is 7.11 Å². The predicted octanol–water partition coefficient (Wildman–Crippen LogP) is 3.45. The molecule has 1 unspecified atom stereocenters. The number of ether oxygens (including phenoxy) is 1. The Balaban J connectivity index is 2.46. The molecule has 0 aliphatic carbocycles. The van der Waals surface area contributed by atoms with Gasteiger partial charge in [0.15, 0.2) is 0 Å². The second-order valence-electron chi connectivity index (χ2n) is 4.59. The molecule has 1 atom stereocenters. The Labute approximate surface area is 112 Å². The van der Waals surface area contributed by atoms with Gasteiger partial charge in [-0.3, -0.25) is 4.79 Å². The molecule has 18 heavy (non-hydrogen) atoms. The topological polar surface area (TPSA) is 46.5 Å². The van der Waals surface area contributed by atoms with Crippen LogP contribution in [0.15, 0.2) is 17.0 Å². The molecule has 0 aromatic heterocycles. The highest BCUT2D eigenvalue weighted by Crippen LogP contribution is 2.42. The van der Waals surface area contributed by atoms with Crippen LogP contribution < -0.4 is 4.74 Å². The molecule has 1 heterocycles. The minimum atomic E-state index is -0.722. The number of methoxy groups -OCH3 is 1. The monoisotopic (exact) mass is 266 g/mol. The van der Waals surface area contributed by atoms with Crippen molar-refractivity contribution in [3.63, 3.8) is 0 Å². The molecule has 0 radical (unpaired) electrons. The zero-order valence-corrected chi connectivity index (χ0v) is 11.5. The van der Waals surface area contributed by atoms with E-state index in [4.69, 9.17) is 9.84 Å². The number of benzene rings is 1. The first-order valence-electron chi connectivity index (χ1n) is 6.15. The van der Waals surface area contributed by atoms with E-state index >= 15 is 0 Å². The lowest BCUT2D eigenvalue weighted by Crippen LogP contribution is -2.08. The van der Waals surface area contributed by atoms with Gasteiger partial charge in [0.05, 0.1) is 13.5 Å². The lowest BCUT2D eigenvalue weighted by molar-refractivity contribution is -0.137. The molecule has 0 saturated carbocycles. The van der Waals surface area contributed by atoms with Crippen molar-refractivity contribution in [1.82, 2.24) is 0 Å². The first-order valence-corrected chi connectivity index (χ1v) is 7.14. The molecule has 2 rings (SSSR count). The van der Waals surface area contributed by atoms with Crippen molar-refractivity contribution in [2.75, 3.05) is 12.9 Å². The molecule has 1 aromatic rings. The SMILES string of the molecule is COc1ccc2c(c1C)C(CC(=O)O)CCCS2. The van der Waals surface area contributed by atoms with E-state index in [2.05, 4.69) is 6.07 Å². The summed E-state index contributed by atoms with van der Waals surface area (Å²) in [5.74, 6) is 1.31. The van der Waals surface area contributed by atoms with E-state index in [1.165, 1.54) is 10.5 Å². The Kier molecular flexibility index (Phi) is 4.17. The quantitative estimate of drug-likeness (QED) is 0.910. The van der Waals surface area contributed by atoms with Crippen molar-refractivity contribution in [1.29, 1.82) is 0 Å². The summed E-state index contributed by atoms with van der Waals surface area (Å²) in [6.07, 6.45) is 2.22. The molecule has 0 saturated heterocycles. The van der Waals surface area contributed by atoms with Gasteiger partial charge in [-0.25, -0.2) is 0 Å². The third kappa shape index (κ3) is 2.64. The Morgan fingerprint density at radius 1 is 1.56 bits per heavy atom. The highest BCUT2D eigenvalue weighted by Gasteiger charge is 2.24.